The lowest BCUT2D eigenvalue weighted by Crippen LogP contribution is -2.39. The van der Waals surface area contributed by atoms with Gasteiger partial charge in [-0.2, -0.15) is 5.06 Å². The van der Waals surface area contributed by atoms with Gasteiger partial charge < -0.3 is 10.2 Å². The van der Waals surface area contributed by atoms with Gasteiger partial charge in [0, 0.05) is 16.4 Å². The highest BCUT2D eigenvalue weighted by Gasteiger charge is 2.25. The maximum Gasteiger partial charge on any atom is 0.350 e. The van der Waals surface area contributed by atoms with E-state index in [0.717, 1.165) is 17.8 Å². The highest BCUT2D eigenvalue weighted by Crippen LogP contribution is 2.38. The number of hydrogen-bond donors (Lipinski definition) is 1. The molecular weight excluding hydrogens is 442 g/mol. The number of anilines is 2. The number of benzene rings is 2. The van der Waals surface area contributed by atoms with Crippen LogP contribution in [0.15, 0.2) is 53.9 Å². The number of likely N-dealkylation sites (tertiary alicyclic amines) is 1. The lowest BCUT2D eigenvalue weighted by molar-refractivity contribution is 0.122. The van der Waals surface area contributed by atoms with Gasteiger partial charge in [-0.3, -0.25) is 4.84 Å². The zero-order valence-corrected chi connectivity index (χ0v) is 21.4. The van der Waals surface area contributed by atoms with Crippen LogP contribution in [-0.2, 0) is 4.84 Å². The quantitative estimate of drug-likeness (QED) is 0.321. The van der Waals surface area contributed by atoms with Crippen molar-refractivity contribution in [3.05, 3.63) is 59.5 Å². The van der Waals surface area contributed by atoms with Crippen molar-refractivity contribution >= 4 is 38.8 Å². The third kappa shape index (κ3) is 5.80. The predicted octanol–water partition coefficient (Wildman–Crippen LogP) is 7.65. The molecule has 1 aromatic heterocycles. The molecule has 182 valence electrons. The first kappa shape index (κ1) is 24.7. The highest BCUT2D eigenvalue weighted by molar-refractivity contribution is 7.17. The van der Waals surface area contributed by atoms with Gasteiger partial charge in [-0.15, -0.1) is 11.3 Å². The minimum absolute atomic E-state index is 0.283. The van der Waals surface area contributed by atoms with E-state index >= 15 is 0 Å². The summed E-state index contributed by atoms with van der Waals surface area (Å²) in [7, 11) is 0. The Bertz CT molecular complexity index is 1060. The summed E-state index contributed by atoms with van der Waals surface area (Å²) in [5, 5.41) is 8.01. The van der Waals surface area contributed by atoms with Crippen LogP contribution in [0, 0.1) is 0 Å². The monoisotopic (exact) mass is 479 g/mol. The zero-order valence-electron chi connectivity index (χ0n) is 20.6. The van der Waals surface area contributed by atoms with E-state index in [1.807, 2.05) is 43.3 Å². The van der Waals surface area contributed by atoms with Crippen LogP contribution >= 0.6 is 11.3 Å². The summed E-state index contributed by atoms with van der Waals surface area (Å²) >= 11 is 1.80. The van der Waals surface area contributed by atoms with Crippen LogP contribution in [0.4, 0.5) is 16.2 Å². The van der Waals surface area contributed by atoms with Gasteiger partial charge >= 0.3 is 6.03 Å². The molecule has 2 amide bonds. The maximum atomic E-state index is 13.1. The molecule has 1 aliphatic rings. The Morgan fingerprint density at radius 3 is 2.62 bits per heavy atom. The first-order chi connectivity index (χ1) is 16.6. The molecule has 0 bridgehead atoms. The van der Waals surface area contributed by atoms with E-state index in [9.17, 15) is 4.79 Å². The average Bonchev–Trinajstić information content (AvgIpc) is 3.28. The largest absolute Gasteiger partial charge is 0.350 e. The molecule has 5 nitrogen and oxygen atoms in total. The van der Waals surface area contributed by atoms with E-state index in [0.29, 0.717) is 18.6 Å². The second kappa shape index (κ2) is 11.8. The van der Waals surface area contributed by atoms with Gasteiger partial charge in [0.15, 0.2) is 0 Å². The van der Waals surface area contributed by atoms with Crippen molar-refractivity contribution in [3.63, 3.8) is 0 Å². The van der Waals surface area contributed by atoms with Gasteiger partial charge in [0.1, 0.15) is 0 Å². The summed E-state index contributed by atoms with van der Waals surface area (Å²) < 4.78 is 1.27. The predicted molar refractivity (Wildman–Crippen MR) is 144 cm³/mol. The first-order valence-corrected chi connectivity index (χ1v) is 13.5. The van der Waals surface area contributed by atoms with Crippen molar-refractivity contribution in [2.24, 2.45) is 0 Å². The zero-order chi connectivity index (χ0) is 23.9. The smallest absolute Gasteiger partial charge is 0.306 e. The SMILES string of the molecule is CCCON(C(=O)Nc1ccc2scc(C3CCN(C(C)CCC)CC3)c2c1)c1ccccc1. The Morgan fingerprint density at radius 2 is 1.91 bits per heavy atom. The van der Waals surface area contributed by atoms with Crippen LogP contribution in [0.1, 0.15) is 64.4 Å². The molecule has 0 spiro atoms. The number of hydroxylamine groups is 1. The molecule has 3 aromatic rings. The van der Waals surface area contributed by atoms with Crippen molar-refractivity contribution in [2.45, 2.75) is 64.8 Å². The Kier molecular flexibility index (Phi) is 8.59. The van der Waals surface area contributed by atoms with Crippen LogP contribution in [-0.4, -0.2) is 36.7 Å². The number of amides is 2. The van der Waals surface area contributed by atoms with E-state index in [4.69, 9.17) is 4.84 Å². The Labute approximate surface area is 207 Å². The van der Waals surface area contributed by atoms with Crippen LogP contribution in [0.25, 0.3) is 10.1 Å². The standard InChI is InChI=1S/C28H37N3O2S/c1-4-9-21(3)30-16-14-22(15-17-30)26-20-34-27-13-12-23(19-25(26)27)29-28(32)31(33-18-5-2)24-10-7-6-8-11-24/h6-8,10-13,19-22H,4-5,9,14-18H2,1-3H3,(H,29,32). The molecule has 0 radical (unpaired) electrons. The van der Waals surface area contributed by atoms with Crippen LogP contribution in [0.3, 0.4) is 0 Å². The number of urea groups is 1. The number of rotatable bonds is 9. The summed E-state index contributed by atoms with van der Waals surface area (Å²) in [5.41, 5.74) is 2.95. The Balaban J connectivity index is 1.48. The molecule has 6 heteroatoms. The number of nitrogens with one attached hydrogen (secondary N) is 1. The minimum Gasteiger partial charge on any atom is -0.306 e. The number of thiophene rings is 1. The van der Waals surface area contributed by atoms with Gasteiger partial charge in [0.05, 0.1) is 12.3 Å². The van der Waals surface area contributed by atoms with Gasteiger partial charge in [-0.25, -0.2) is 4.79 Å². The fourth-order valence-corrected chi connectivity index (χ4v) is 5.89. The van der Waals surface area contributed by atoms with E-state index in [2.05, 4.69) is 41.6 Å². The molecule has 0 saturated carbocycles. The number of nitrogens with zero attached hydrogens (tertiary/aromatic N) is 2. The lowest BCUT2D eigenvalue weighted by atomic mass is 9.88. The number of carbonyl (C=O) groups is 1. The molecule has 2 heterocycles. The van der Waals surface area contributed by atoms with E-state index in [1.54, 1.807) is 11.3 Å². The van der Waals surface area contributed by atoms with Crippen molar-refractivity contribution in [3.8, 4) is 0 Å². The number of piperidine rings is 1. The van der Waals surface area contributed by atoms with Gasteiger partial charge in [-0.1, -0.05) is 38.5 Å². The molecule has 1 atom stereocenters. The van der Waals surface area contributed by atoms with Crippen molar-refractivity contribution in [1.82, 2.24) is 4.90 Å². The molecule has 1 N–H and O–H groups in total. The highest BCUT2D eigenvalue weighted by atomic mass is 32.1. The van der Waals surface area contributed by atoms with Crippen molar-refractivity contribution in [2.75, 3.05) is 30.1 Å². The van der Waals surface area contributed by atoms with E-state index < -0.39 is 0 Å². The third-order valence-corrected chi connectivity index (χ3v) is 7.74. The summed E-state index contributed by atoms with van der Waals surface area (Å²) in [5.74, 6) is 0.582. The first-order valence-electron chi connectivity index (χ1n) is 12.6. The molecule has 34 heavy (non-hydrogen) atoms. The molecule has 1 unspecified atom stereocenters. The van der Waals surface area contributed by atoms with Crippen LogP contribution in [0.5, 0.6) is 0 Å². The summed E-state index contributed by atoms with van der Waals surface area (Å²) in [4.78, 5) is 21.5. The molecule has 1 aliphatic heterocycles. The summed E-state index contributed by atoms with van der Waals surface area (Å²) in [6, 6.07) is 16.1. The second-order valence-electron chi connectivity index (χ2n) is 9.24. The average molecular weight is 480 g/mol. The number of hydrogen-bond acceptors (Lipinski definition) is 4. The van der Waals surface area contributed by atoms with Gasteiger partial charge in [0.25, 0.3) is 0 Å². The fraction of sp³-hybridized carbons (Fsp3) is 0.464. The minimum atomic E-state index is -0.283. The van der Waals surface area contributed by atoms with Crippen molar-refractivity contribution < 1.29 is 9.63 Å². The second-order valence-corrected chi connectivity index (χ2v) is 10.2. The molecule has 0 aliphatic carbocycles. The van der Waals surface area contributed by atoms with Crippen molar-refractivity contribution in [1.29, 1.82) is 0 Å². The Morgan fingerprint density at radius 1 is 1.15 bits per heavy atom. The fourth-order valence-electron chi connectivity index (χ4n) is 4.86. The number of carbonyl (C=O) groups excluding carboxylic acids is 1. The van der Waals surface area contributed by atoms with E-state index in [1.165, 1.54) is 59.5 Å². The number of fused-ring (bicyclic) bond motifs is 1. The molecule has 1 saturated heterocycles. The van der Waals surface area contributed by atoms with Gasteiger partial charge in [-0.05, 0) is 98.3 Å². The topological polar surface area (TPSA) is 44.8 Å². The molecule has 2 aromatic carbocycles. The lowest BCUT2D eigenvalue weighted by Gasteiger charge is -2.36. The third-order valence-electron chi connectivity index (χ3n) is 6.75. The van der Waals surface area contributed by atoms with Crippen LogP contribution < -0.4 is 10.4 Å². The molecule has 4 rings (SSSR count). The number of para-hydroxylation sites is 1. The van der Waals surface area contributed by atoms with Crippen LogP contribution in [0.2, 0.25) is 0 Å². The summed E-state index contributed by atoms with van der Waals surface area (Å²) in [6.07, 6.45) is 5.75. The molecular formula is C28H37N3O2S. The maximum absolute atomic E-state index is 13.1. The van der Waals surface area contributed by atoms with Gasteiger partial charge in [0.2, 0.25) is 0 Å². The summed E-state index contributed by atoms with van der Waals surface area (Å²) in [6.45, 7) is 9.47. The Hall–Kier alpha value is -2.41. The molecule has 1 fully saturated rings. The van der Waals surface area contributed by atoms with E-state index in [-0.39, 0.29) is 6.03 Å². The normalized spacial score (nSPS) is 16.0.